The van der Waals surface area contributed by atoms with E-state index < -0.39 is 0 Å². The molecular formula is C19H23NO. The van der Waals surface area contributed by atoms with Crippen molar-refractivity contribution in [1.82, 2.24) is 5.32 Å². The van der Waals surface area contributed by atoms with E-state index in [1.807, 2.05) is 6.26 Å². The standard InChI is InChI=1S/C19H23NO/c1-2-20-17(11-13-9-10-21-12-13)19-16-8-7-14-5-3-4-6-15(14)18(16)19/h3-6,9-10,12,16-20H,2,7-8,11H2,1H3. The highest BCUT2D eigenvalue weighted by Gasteiger charge is 2.55. The Morgan fingerprint density at radius 2 is 2.19 bits per heavy atom. The maximum atomic E-state index is 5.24. The molecule has 1 heterocycles. The maximum absolute atomic E-state index is 5.24. The summed E-state index contributed by atoms with van der Waals surface area (Å²) in [5.74, 6) is 2.46. The zero-order valence-electron chi connectivity index (χ0n) is 12.6. The average Bonchev–Trinajstić information content (AvgIpc) is 3.04. The summed E-state index contributed by atoms with van der Waals surface area (Å²) >= 11 is 0. The summed E-state index contributed by atoms with van der Waals surface area (Å²) in [7, 11) is 0. The second-order valence-corrected chi connectivity index (χ2v) is 6.50. The van der Waals surface area contributed by atoms with Crippen LogP contribution in [0.4, 0.5) is 0 Å². The third-order valence-corrected chi connectivity index (χ3v) is 5.36. The zero-order chi connectivity index (χ0) is 14.2. The van der Waals surface area contributed by atoms with Gasteiger partial charge in [0, 0.05) is 6.04 Å². The van der Waals surface area contributed by atoms with Crippen molar-refractivity contribution in [2.75, 3.05) is 6.54 Å². The molecule has 0 amide bonds. The Kier molecular flexibility index (Phi) is 3.34. The molecule has 4 atom stereocenters. The van der Waals surface area contributed by atoms with Crippen LogP contribution in [0.15, 0.2) is 47.3 Å². The first kappa shape index (κ1) is 13.1. The number of hydrogen-bond acceptors (Lipinski definition) is 2. The quantitative estimate of drug-likeness (QED) is 0.902. The van der Waals surface area contributed by atoms with Crippen molar-refractivity contribution < 1.29 is 4.42 Å². The number of nitrogens with one attached hydrogen (secondary N) is 1. The molecule has 0 radical (unpaired) electrons. The summed E-state index contributed by atoms with van der Waals surface area (Å²) in [6.07, 6.45) is 7.39. The van der Waals surface area contributed by atoms with Crippen molar-refractivity contribution in [1.29, 1.82) is 0 Å². The highest BCUT2D eigenvalue weighted by molar-refractivity contribution is 5.40. The van der Waals surface area contributed by atoms with Gasteiger partial charge in [-0.2, -0.15) is 0 Å². The third kappa shape index (κ3) is 2.32. The molecule has 2 aromatic rings. The van der Waals surface area contributed by atoms with Crippen molar-refractivity contribution in [3.05, 3.63) is 59.5 Å². The predicted molar refractivity (Wildman–Crippen MR) is 84.4 cm³/mol. The van der Waals surface area contributed by atoms with E-state index in [4.69, 9.17) is 4.42 Å². The van der Waals surface area contributed by atoms with Gasteiger partial charge in [0.25, 0.3) is 0 Å². The van der Waals surface area contributed by atoms with E-state index in [0.29, 0.717) is 6.04 Å². The van der Waals surface area contributed by atoms with Crippen molar-refractivity contribution in [2.45, 2.75) is 38.1 Å². The second-order valence-electron chi connectivity index (χ2n) is 6.50. The number of aryl methyl sites for hydroxylation is 1. The van der Waals surface area contributed by atoms with Gasteiger partial charge in [-0.05, 0) is 66.3 Å². The Morgan fingerprint density at radius 1 is 1.29 bits per heavy atom. The van der Waals surface area contributed by atoms with Crippen LogP contribution in [0.1, 0.15) is 36.0 Å². The van der Waals surface area contributed by atoms with Crippen LogP contribution in [-0.4, -0.2) is 12.6 Å². The minimum atomic E-state index is 0.578. The van der Waals surface area contributed by atoms with E-state index in [9.17, 15) is 0 Å². The average molecular weight is 281 g/mol. The molecule has 2 heteroatoms. The lowest BCUT2D eigenvalue weighted by Crippen LogP contribution is -2.33. The Hall–Kier alpha value is -1.54. The molecule has 4 rings (SSSR count). The van der Waals surface area contributed by atoms with Crippen molar-refractivity contribution in [2.24, 2.45) is 11.8 Å². The van der Waals surface area contributed by atoms with Crippen LogP contribution in [0.5, 0.6) is 0 Å². The molecule has 2 nitrogen and oxygen atoms in total. The number of likely N-dealkylation sites (N-methyl/N-ethyl adjacent to an activating group) is 1. The first-order valence-corrected chi connectivity index (χ1v) is 8.20. The monoisotopic (exact) mass is 281 g/mol. The molecule has 110 valence electrons. The number of hydrogen-bond donors (Lipinski definition) is 1. The van der Waals surface area contributed by atoms with Gasteiger partial charge in [0.05, 0.1) is 12.5 Å². The van der Waals surface area contributed by atoms with Crippen molar-refractivity contribution in [3.8, 4) is 0 Å². The molecule has 1 N–H and O–H groups in total. The van der Waals surface area contributed by atoms with Crippen LogP contribution in [-0.2, 0) is 12.8 Å². The molecule has 1 fully saturated rings. The van der Waals surface area contributed by atoms with Gasteiger partial charge in [-0.3, -0.25) is 0 Å². The number of benzene rings is 1. The molecule has 0 bridgehead atoms. The normalized spacial score (nSPS) is 27.8. The Morgan fingerprint density at radius 3 is 3.00 bits per heavy atom. The lowest BCUT2D eigenvalue weighted by Gasteiger charge is -2.17. The van der Waals surface area contributed by atoms with E-state index in [1.54, 1.807) is 17.4 Å². The summed E-state index contributed by atoms with van der Waals surface area (Å²) in [6.45, 7) is 3.25. The van der Waals surface area contributed by atoms with Crippen LogP contribution in [0, 0.1) is 11.8 Å². The fraction of sp³-hybridized carbons (Fsp3) is 0.474. The predicted octanol–water partition coefficient (Wildman–Crippen LogP) is 3.78. The van der Waals surface area contributed by atoms with Gasteiger partial charge < -0.3 is 9.73 Å². The molecule has 21 heavy (non-hydrogen) atoms. The first-order valence-electron chi connectivity index (χ1n) is 8.20. The summed E-state index contributed by atoms with van der Waals surface area (Å²) in [6, 6.07) is 11.7. The van der Waals surface area contributed by atoms with Gasteiger partial charge >= 0.3 is 0 Å². The fourth-order valence-electron chi connectivity index (χ4n) is 4.44. The van der Waals surface area contributed by atoms with E-state index >= 15 is 0 Å². The second kappa shape index (κ2) is 5.34. The number of furan rings is 1. The molecule has 0 aliphatic heterocycles. The van der Waals surface area contributed by atoms with Crippen molar-refractivity contribution in [3.63, 3.8) is 0 Å². The Balaban J connectivity index is 1.56. The summed E-state index contributed by atoms with van der Waals surface area (Å²) in [5.41, 5.74) is 4.52. The van der Waals surface area contributed by atoms with Gasteiger partial charge in [0.2, 0.25) is 0 Å². The van der Waals surface area contributed by atoms with Gasteiger partial charge in [0.1, 0.15) is 0 Å². The lowest BCUT2D eigenvalue weighted by molar-refractivity contribution is 0.439. The number of rotatable bonds is 5. The van der Waals surface area contributed by atoms with Gasteiger partial charge in [-0.25, -0.2) is 0 Å². The molecule has 1 aromatic heterocycles. The fourth-order valence-corrected chi connectivity index (χ4v) is 4.44. The summed E-state index contributed by atoms with van der Waals surface area (Å²) < 4.78 is 5.24. The molecule has 2 aliphatic carbocycles. The van der Waals surface area contributed by atoms with E-state index in [2.05, 4.69) is 42.6 Å². The highest BCUT2D eigenvalue weighted by atomic mass is 16.3. The Bertz CT molecular complexity index is 604. The van der Waals surface area contributed by atoms with E-state index in [0.717, 1.165) is 30.7 Å². The highest BCUT2D eigenvalue weighted by Crippen LogP contribution is 2.61. The van der Waals surface area contributed by atoms with E-state index in [-0.39, 0.29) is 0 Å². The third-order valence-electron chi connectivity index (χ3n) is 5.36. The maximum Gasteiger partial charge on any atom is 0.0935 e. The van der Waals surface area contributed by atoms with Gasteiger partial charge in [-0.15, -0.1) is 0 Å². The smallest absolute Gasteiger partial charge is 0.0935 e. The zero-order valence-corrected chi connectivity index (χ0v) is 12.6. The van der Waals surface area contributed by atoms with Gasteiger partial charge in [0.15, 0.2) is 0 Å². The summed E-state index contributed by atoms with van der Waals surface area (Å²) in [5, 5.41) is 3.73. The van der Waals surface area contributed by atoms with Crippen LogP contribution in [0.25, 0.3) is 0 Å². The molecular weight excluding hydrogens is 258 g/mol. The van der Waals surface area contributed by atoms with Crippen molar-refractivity contribution >= 4 is 0 Å². The topological polar surface area (TPSA) is 25.2 Å². The van der Waals surface area contributed by atoms with Crippen LogP contribution >= 0.6 is 0 Å². The minimum absolute atomic E-state index is 0.578. The molecule has 1 aromatic carbocycles. The number of fused-ring (bicyclic) bond motifs is 3. The minimum Gasteiger partial charge on any atom is -0.472 e. The molecule has 2 aliphatic rings. The first-order chi connectivity index (χ1) is 10.4. The molecule has 0 saturated heterocycles. The Labute approximate surface area is 126 Å². The summed E-state index contributed by atoms with van der Waals surface area (Å²) in [4.78, 5) is 0. The molecule has 0 spiro atoms. The van der Waals surface area contributed by atoms with Crippen LogP contribution in [0.2, 0.25) is 0 Å². The molecule has 4 unspecified atom stereocenters. The van der Waals surface area contributed by atoms with Gasteiger partial charge in [-0.1, -0.05) is 31.2 Å². The van der Waals surface area contributed by atoms with Crippen LogP contribution < -0.4 is 5.32 Å². The lowest BCUT2D eigenvalue weighted by atomic mass is 9.92. The van der Waals surface area contributed by atoms with Crippen LogP contribution in [0.3, 0.4) is 0 Å². The van der Waals surface area contributed by atoms with E-state index in [1.165, 1.54) is 18.4 Å². The largest absolute Gasteiger partial charge is 0.472 e. The SMILES string of the molecule is CCNC(Cc1ccoc1)C1C2CCc3ccccc3C21. The molecule has 1 saturated carbocycles.